The first kappa shape index (κ1) is 16.8. The second-order valence-corrected chi connectivity index (χ2v) is 7.43. The minimum atomic E-state index is -3.73. The molecule has 1 aliphatic heterocycles. The van der Waals surface area contributed by atoms with E-state index in [4.69, 9.17) is 10.2 Å². The number of nitrogens with one attached hydrogen (secondary N) is 1. The standard InChI is InChI=1S/C12H19N5O3S2/c1-17(2)7-9-3-4-10(20-9)8-21-6-5-11-14-12(13)16-22(18,19)15-11/h3-4H,5-8H2,1-2H3,(H3,13,14,15,16). The maximum atomic E-state index is 11.3. The van der Waals surface area contributed by atoms with Crippen LogP contribution in [0.5, 0.6) is 0 Å². The Bertz CT molecular complexity index is 679. The number of furan rings is 1. The van der Waals surface area contributed by atoms with E-state index >= 15 is 0 Å². The Hall–Kier alpha value is -1.52. The summed E-state index contributed by atoms with van der Waals surface area (Å²) in [6, 6.07) is 3.92. The maximum Gasteiger partial charge on any atom is 0.346 e. The van der Waals surface area contributed by atoms with Crippen LogP contribution in [0.1, 0.15) is 17.9 Å². The molecule has 8 nitrogen and oxygen atoms in total. The number of nitrogens with zero attached hydrogens (tertiary/aromatic N) is 3. The second-order valence-electron chi connectivity index (χ2n) is 4.99. The molecule has 0 spiro atoms. The van der Waals surface area contributed by atoms with Gasteiger partial charge in [0.05, 0.1) is 12.3 Å². The van der Waals surface area contributed by atoms with E-state index in [1.165, 1.54) is 0 Å². The van der Waals surface area contributed by atoms with Crippen molar-refractivity contribution in [3.63, 3.8) is 0 Å². The highest BCUT2D eigenvalue weighted by Crippen LogP contribution is 2.17. The van der Waals surface area contributed by atoms with Crippen molar-refractivity contribution in [3.8, 4) is 0 Å². The van der Waals surface area contributed by atoms with Gasteiger partial charge in [-0.15, -0.1) is 4.40 Å². The topological polar surface area (TPSA) is 113 Å². The fourth-order valence-electron chi connectivity index (χ4n) is 1.81. The van der Waals surface area contributed by atoms with Gasteiger partial charge >= 0.3 is 10.2 Å². The van der Waals surface area contributed by atoms with Crippen molar-refractivity contribution in [2.24, 2.45) is 15.1 Å². The summed E-state index contributed by atoms with van der Waals surface area (Å²) in [5.41, 5.74) is 5.39. The van der Waals surface area contributed by atoms with Crippen LogP contribution in [-0.2, 0) is 22.5 Å². The molecule has 2 rings (SSSR count). The minimum absolute atomic E-state index is 0.144. The maximum absolute atomic E-state index is 11.3. The Balaban J connectivity index is 1.78. The first-order valence-corrected chi connectivity index (χ1v) is 9.19. The van der Waals surface area contributed by atoms with Gasteiger partial charge in [0.2, 0.25) is 5.96 Å². The predicted octanol–water partition coefficient (Wildman–Crippen LogP) is 0.526. The SMILES string of the molecule is CN(C)Cc1ccc(CSCCC2=NS(=O)(=O)NC(N)=N2)o1. The van der Waals surface area contributed by atoms with Crippen LogP contribution in [-0.4, -0.2) is 45.0 Å². The minimum Gasteiger partial charge on any atom is -0.464 e. The summed E-state index contributed by atoms with van der Waals surface area (Å²) >= 11 is 1.62. The molecule has 0 atom stereocenters. The summed E-state index contributed by atoms with van der Waals surface area (Å²) in [6.45, 7) is 0.764. The lowest BCUT2D eigenvalue weighted by Gasteiger charge is -2.10. The van der Waals surface area contributed by atoms with E-state index < -0.39 is 10.2 Å². The molecule has 0 unspecified atom stereocenters. The van der Waals surface area contributed by atoms with E-state index in [0.29, 0.717) is 17.9 Å². The third kappa shape index (κ3) is 5.35. The summed E-state index contributed by atoms with van der Waals surface area (Å²) < 4.78 is 33.9. The largest absolute Gasteiger partial charge is 0.464 e. The van der Waals surface area contributed by atoms with Crippen LogP contribution in [0.2, 0.25) is 0 Å². The summed E-state index contributed by atoms with van der Waals surface area (Å²) in [4.78, 5) is 5.91. The smallest absolute Gasteiger partial charge is 0.346 e. The normalized spacial score (nSPS) is 17.0. The third-order valence-corrected chi connectivity index (χ3v) is 4.51. The van der Waals surface area contributed by atoms with Crippen molar-refractivity contribution in [1.82, 2.24) is 9.62 Å². The van der Waals surface area contributed by atoms with Crippen molar-refractivity contribution >= 4 is 33.8 Å². The molecule has 1 aromatic rings. The van der Waals surface area contributed by atoms with Crippen molar-refractivity contribution < 1.29 is 12.8 Å². The lowest BCUT2D eigenvalue weighted by molar-refractivity contribution is 0.344. The first-order chi connectivity index (χ1) is 10.3. The van der Waals surface area contributed by atoms with Crippen LogP contribution < -0.4 is 10.5 Å². The van der Waals surface area contributed by atoms with Crippen LogP contribution in [0.4, 0.5) is 0 Å². The Morgan fingerprint density at radius 3 is 2.77 bits per heavy atom. The van der Waals surface area contributed by atoms with Gasteiger partial charge in [0.25, 0.3) is 0 Å². The molecule has 0 saturated heterocycles. The van der Waals surface area contributed by atoms with E-state index in [9.17, 15) is 8.42 Å². The predicted molar refractivity (Wildman–Crippen MR) is 88.0 cm³/mol. The third-order valence-electron chi connectivity index (χ3n) is 2.61. The Morgan fingerprint density at radius 2 is 2.09 bits per heavy atom. The van der Waals surface area contributed by atoms with Crippen molar-refractivity contribution in [2.45, 2.75) is 18.7 Å². The number of rotatable bonds is 7. The van der Waals surface area contributed by atoms with Gasteiger partial charge in [-0.25, -0.2) is 4.72 Å². The molecule has 3 N–H and O–H groups in total. The highest BCUT2D eigenvalue weighted by atomic mass is 32.2. The second kappa shape index (κ2) is 7.16. The Morgan fingerprint density at radius 1 is 1.36 bits per heavy atom. The zero-order valence-corrected chi connectivity index (χ0v) is 14.1. The number of thioether (sulfide) groups is 1. The average Bonchev–Trinajstić information content (AvgIpc) is 2.79. The Labute approximate surface area is 134 Å². The van der Waals surface area contributed by atoms with E-state index in [1.54, 1.807) is 11.8 Å². The molecule has 0 fully saturated rings. The van der Waals surface area contributed by atoms with Gasteiger partial charge in [-0.2, -0.15) is 25.2 Å². The lowest BCUT2D eigenvalue weighted by Crippen LogP contribution is -2.39. The molecular formula is C12H19N5O3S2. The lowest BCUT2D eigenvalue weighted by atomic mass is 10.4. The summed E-state index contributed by atoms with van der Waals surface area (Å²) in [5.74, 6) is 3.28. The van der Waals surface area contributed by atoms with Crippen molar-refractivity contribution in [2.75, 3.05) is 19.8 Å². The van der Waals surface area contributed by atoms with Gasteiger partial charge in [0.15, 0.2) is 0 Å². The number of aliphatic imine (C=N–C) groups is 1. The molecule has 22 heavy (non-hydrogen) atoms. The van der Waals surface area contributed by atoms with Crippen LogP contribution in [0.25, 0.3) is 0 Å². The molecule has 2 heterocycles. The molecule has 0 bridgehead atoms. The molecule has 10 heteroatoms. The zero-order valence-electron chi connectivity index (χ0n) is 12.4. The highest BCUT2D eigenvalue weighted by Gasteiger charge is 2.17. The van der Waals surface area contributed by atoms with Crippen LogP contribution in [0.15, 0.2) is 25.9 Å². The fourth-order valence-corrected chi connectivity index (χ4v) is 3.40. The zero-order chi connectivity index (χ0) is 16.2. The van der Waals surface area contributed by atoms with E-state index in [0.717, 1.165) is 18.1 Å². The van der Waals surface area contributed by atoms with Crippen molar-refractivity contribution in [3.05, 3.63) is 23.7 Å². The number of hydrogen-bond acceptors (Lipinski definition) is 7. The summed E-state index contributed by atoms with van der Waals surface area (Å²) in [5, 5.41) is 0. The summed E-state index contributed by atoms with van der Waals surface area (Å²) in [7, 11) is 0.237. The number of amidine groups is 1. The van der Waals surface area contributed by atoms with Crippen LogP contribution in [0.3, 0.4) is 0 Å². The highest BCUT2D eigenvalue weighted by molar-refractivity contribution is 7.98. The Kier molecular flexibility index (Phi) is 5.48. The van der Waals surface area contributed by atoms with Gasteiger partial charge in [-0.3, -0.25) is 0 Å². The molecule has 122 valence electrons. The molecule has 1 aliphatic rings. The van der Waals surface area contributed by atoms with E-state index in [2.05, 4.69) is 9.39 Å². The quantitative estimate of drug-likeness (QED) is 0.697. The molecule has 1 aromatic heterocycles. The number of hydrogen-bond donors (Lipinski definition) is 2. The van der Waals surface area contributed by atoms with Gasteiger partial charge in [-0.1, -0.05) is 0 Å². The number of nitrogens with two attached hydrogens (primary N) is 1. The molecule has 0 saturated carbocycles. The molecule has 0 aromatic carbocycles. The molecule has 0 aliphatic carbocycles. The summed E-state index contributed by atoms with van der Waals surface area (Å²) in [6.07, 6.45) is 0.428. The molecule has 0 radical (unpaired) electrons. The van der Waals surface area contributed by atoms with Gasteiger partial charge in [0.1, 0.15) is 17.4 Å². The van der Waals surface area contributed by atoms with Gasteiger partial charge in [-0.05, 0) is 26.2 Å². The van der Waals surface area contributed by atoms with E-state index in [-0.39, 0.29) is 11.8 Å². The van der Waals surface area contributed by atoms with Gasteiger partial charge in [0, 0.05) is 12.2 Å². The average molecular weight is 345 g/mol. The number of guanidine groups is 1. The van der Waals surface area contributed by atoms with E-state index in [1.807, 2.05) is 35.9 Å². The van der Waals surface area contributed by atoms with Crippen LogP contribution >= 0.6 is 11.8 Å². The monoisotopic (exact) mass is 345 g/mol. The molecule has 0 amide bonds. The van der Waals surface area contributed by atoms with Gasteiger partial charge < -0.3 is 15.1 Å². The fraction of sp³-hybridized carbons (Fsp3) is 0.500. The van der Waals surface area contributed by atoms with Crippen molar-refractivity contribution in [1.29, 1.82) is 0 Å². The first-order valence-electron chi connectivity index (χ1n) is 6.60. The molecular weight excluding hydrogens is 326 g/mol. The van der Waals surface area contributed by atoms with Crippen LogP contribution in [0, 0.1) is 0 Å².